The lowest BCUT2D eigenvalue weighted by Gasteiger charge is -2.30. The maximum absolute atomic E-state index is 12.5. The number of carbonyl (C=O) groups is 1. The van der Waals surface area contributed by atoms with Crippen LogP contribution in [0.2, 0.25) is 0 Å². The Kier molecular flexibility index (Phi) is 20.5. The van der Waals surface area contributed by atoms with E-state index in [1.165, 1.54) is 38.5 Å². The number of nitrogens with zero attached hydrogens (tertiary/aromatic N) is 1. The minimum Gasteiger partial charge on any atom is -0.449 e. The molecule has 0 aliphatic carbocycles. The summed E-state index contributed by atoms with van der Waals surface area (Å²) in [5.74, 6) is 5.41. The number of carbonyl (C=O) groups excluding carboxylic acids is 1. The van der Waals surface area contributed by atoms with Gasteiger partial charge < -0.3 is 19.1 Å². The molecule has 0 aromatic rings. The van der Waals surface area contributed by atoms with Gasteiger partial charge in [0, 0.05) is 19.2 Å². The average Bonchev–Trinajstić information content (AvgIpc) is 2.76. The van der Waals surface area contributed by atoms with Crippen LogP contribution in [-0.4, -0.2) is 50.2 Å². The van der Waals surface area contributed by atoms with Gasteiger partial charge in [0.25, 0.3) is 0 Å². The SMILES string of the molecule is COCOC[C@@H](C)C[C@@H](C)C[C@@H](C)C[C@@H](C)C[C@@H](C)C[C@@H](C)C[C@@H](C)C[C@@H](C)COC(=O)N(C(C)C)C(C)C. The standard InChI is InChI=1S/C34H69NO4/c1-24(2)35(25(3)4)34(36)39-22-33(12)20-31(10)18-29(8)16-27(6)14-26(5)15-28(7)17-30(9)19-32(11)21-38-23-37-13/h24-33H,14-23H2,1-13H3/t26-,27+,28-,29+,30-,31+,32-,33+/m0/s1. The molecule has 0 aromatic heterocycles. The van der Waals surface area contributed by atoms with Gasteiger partial charge in [-0.05, 0) is 120 Å². The topological polar surface area (TPSA) is 48.0 Å². The Morgan fingerprint density at radius 2 is 0.821 bits per heavy atom. The number of amides is 1. The highest BCUT2D eigenvalue weighted by Gasteiger charge is 2.23. The first-order valence-electron chi connectivity index (χ1n) is 16.2. The lowest BCUT2D eigenvalue weighted by atomic mass is 9.80. The van der Waals surface area contributed by atoms with Crippen molar-refractivity contribution < 1.29 is 19.0 Å². The summed E-state index contributed by atoms with van der Waals surface area (Å²) in [6, 6.07) is 0.314. The highest BCUT2D eigenvalue weighted by molar-refractivity contribution is 5.68. The molecule has 1 amide bonds. The fourth-order valence-corrected chi connectivity index (χ4v) is 7.16. The molecule has 234 valence electrons. The van der Waals surface area contributed by atoms with E-state index >= 15 is 0 Å². The third kappa shape index (κ3) is 19.0. The number of methoxy groups -OCH3 is 1. The van der Waals surface area contributed by atoms with E-state index in [9.17, 15) is 4.79 Å². The molecular weight excluding hydrogens is 486 g/mol. The maximum atomic E-state index is 12.5. The summed E-state index contributed by atoms with van der Waals surface area (Å²) in [4.78, 5) is 14.3. The van der Waals surface area contributed by atoms with E-state index in [0.29, 0.717) is 31.2 Å². The van der Waals surface area contributed by atoms with Gasteiger partial charge in [-0.15, -0.1) is 0 Å². The Hall–Kier alpha value is -0.810. The van der Waals surface area contributed by atoms with Crippen LogP contribution in [0.3, 0.4) is 0 Å². The van der Waals surface area contributed by atoms with Crippen molar-refractivity contribution in [1.82, 2.24) is 4.90 Å². The minimum atomic E-state index is -0.179. The average molecular weight is 556 g/mol. The van der Waals surface area contributed by atoms with Crippen LogP contribution in [0.1, 0.15) is 128 Å². The Balaban J connectivity index is 4.30. The third-order valence-electron chi connectivity index (χ3n) is 8.05. The van der Waals surface area contributed by atoms with Crippen molar-refractivity contribution >= 4 is 6.09 Å². The number of hydrogen-bond donors (Lipinski definition) is 0. The molecule has 0 unspecified atom stereocenters. The normalized spacial score (nSPS) is 18.3. The molecule has 0 N–H and O–H groups in total. The van der Waals surface area contributed by atoms with Gasteiger partial charge in [-0.25, -0.2) is 4.79 Å². The van der Waals surface area contributed by atoms with E-state index in [4.69, 9.17) is 14.2 Å². The monoisotopic (exact) mass is 556 g/mol. The quantitative estimate of drug-likeness (QED) is 0.0985. The zero-order valence-corrected chi connectivity index (χ0v) is 28.4. The number of ether oxygens (including phenoxy) is 3. The van der Waals surface area contributed by atoms with Gasteiger partial charge in [0.1, 0.15) is 6.79 Å². The lowest BCUT2D eigenvalue weighted by Crippen LogP contribution is -2.42. The van der Waals surface area contributed by atoms with E-state index < -0.39 is 0 Å². The minimum absolute atomic E-state index is 0.157. The van der Waals surface area contributed by atoms with Crippen molar-refractivity contribution in [3.8, 4) is 0 Å². The number of rotatable bonds is 22. The molecule has 0 aromatic carbocycles. The summed E-state index contributed by atoms with van der Waals surface area (Å²) >= 11 is 0. The molecular formula is C34H69NO4. The van der Waals surface area contributed by atoms with Gasteiger partial charge >= 0.3 is 6.09 Å². The van der Waals surface area contributed by atoms with Crippen molar-refractivity contribution in [1.29, 1.82) is 0 Å². The second kappa shape index (κ2) is 21.0. The second-order valence-electron chi connectivity index (χ2n) is 14.4. The molecule has 0 radical (unpaired) electrons. The summed E-state index contributed by atoms with van der Waals surface area (Å²) in [6.45, 7) is 28.9. The summed E-state index contributed by atoms with van der Waals surface area (Å²) in [6.07, 6.45) is 8.68. The predicted molar refractivity (Wildman–Crippen MR) is 167 cm³/mol. The number of hydrogen-bond acceptors (Lipinski definition) is 4. The summed E-state index contributed by atoms with van der Waals surface area (Å²) in [5.41, 5.74) is 0. The van der Waals surface area contributed by atoms with E-state index in [0.717, 1.165) is 42.6 Å². The third-order valence-corrected chi connectivity index (χ3v) is 8.05. The van der Waals surface area contributed by atoms with Crippen LogP contribution >= 0.6 is 0 Å². The van der Waals surface area contributed by atoms with Gasteiger partial charge in [-0.2, -0.15) is 0 Å². The second-order valence-corrected chi connectivity index (χ2v) is 14.4. The van der Waals surface area contributed by atoms with Crippen molar-refractivity contribution in [3.63, 3.8) is 0 Å². The lowest BCUT2D eigenvalue weighted by molar-refractivity contribution is -0.0437. The predicted octanol–water partition coefficient (Wildman–Crippen LogP) is 9.68. The molecule has 5 nitrogen and oxygen atoms in total. The first kappa shape index (κ1) is 38.2. The van der Waals surface area contributed by atoms with Crippen LogP contribution in [0.25, 0.3) is 0 Å². The Morgan fingerprint density at radius 1 is 0.513 bits per heavy atom. The molecule has 8 atom stereocenters. The summed E-state index contributed by atoms with van der Waals surface area (Å²) in [7, 11) is 1.68. The van der Waals surface area contributed by atoms with Crippen LogP contribution in [0.5, 0.6) is 0 Å². The first-order chi connectivity index (χ1) is 18.2. The van der Waals surface area contributed by atoms with Gasteiger partial charge in [0.2, 0.25) is 0 Å². The molecule has 0 saturated heterocycles. The van der Waals surface area contributed by atoms with Gasteiger partial charge in [-0.3, -0.25) is 0 Å². The summed E-state index contributed by atoms with van der Waals surface area (Å²) < 4.78 is 16.2. The van der Waals surface area contributed by atoms with Gasteiger partial charge in [0.05, 0.1) is 13.2 Å². The molecule has 39 heavy (non-hydrogen) atoms. The molecule has 0 spiro atoms. The molecule has 0 aliphatic heterocycles. The first-order valence-corrected chi connectivity index (χ1v) is 16.2. The zero-order valence-electron chi connectivity index (χ0n) is 28.4. The molecule has 0 fully saturated rings. The van der Waals surface area contributed by atoms with Crippen molar-refractivity contribution in [3.05, 3.63) is 0 Å². The van der Waals surface area contributed by atoms with Crippen LogP contribution in [-0.2, 0) is 14.2 Å². The zero-order chi connectivity index (χ0) is 30.1. The molecule has 0 saturated carbocycles. The van der Waals surface area contributed by atoms with E-state index in [1.807, 2.05) is 32.6 Å². The fourth-order valence-electron chi connectivity index (χ4n) is 7.16. The van der Waals surface area contributed by atoms with E-state index in [2.05, 4.69) is 55.4 Å². The van der Waals surface area contributed by atoms with Crippen LogP contribution < -0.4 is 0 Å². The Morgan fingerprint density at radius 3 is 1.13 bits per heavy atom. The molecule has 0 bridgehead atoms. The smallest absolute Gasteiger partial charge is 0.410 e. The van der Waals surface area contributed by atoms with Crippen molar-refractivity contribution in [2.45, 2.75) is 140 Å². The Labute approximate surface area is 244 Å². The van der Waals surface area contributed by atoms with Crippen molar-refractivity contribution in [2.75, 3.05) is 27.1 Å². The van der Waals surface area contributed by atoms with Crippen molar-refractivity contribution in [2.24, 2.45) is 47.3 Å². The van der Waals surface area contributed by atoms with E-state index in [1.54, 1.807) is 7.11 Å². The highest BCUT2D eigenvalue weighted by atomic mass is 16.7. The largest absolute Gasteiger partial charge is 0.449 e. The summed E-state index contributed by atoms with van der Waals surface area (Å²) in [5, 5.41) is 0. The van der Waals surface area contributed by atoms with Crippen LogP contribution in [0, 0.1) is 47.3 Å². The molecule has 0 heterocycles. The fraction of sp³-hybridized carbons (Fsp3) is 0.971. The molecule has 0 aliphatic rings. The van der Waals surface area contributed by atoms with Crippen LogP contribution in [0.4, 0.5) is 4.79 Å². The Bertz CT molecular complexity index is 602. The highest BCUT2D eigenvalue weighted by Crippen LogP contribution is 2.30. The van der Waals surface area contributed by atoms with Gasteiger partial charge in [0.15, 0.2) is 0 Å². The van der Waals surface area contributed by atoms with Gasteiger partial charge in [-0.1, -0.05) is 55.4 Å². The molecule has 5 heteroatoms. The van der Waals surface area contributed by atoms with E-state index in [-0.39, 0.29) is 18.2 Å². The van der Waals surface area contributed by atoms with Crippen LogP contribution in [0.15, 0.2) is 0 Å². The molecule has 0 rings (SSSR count). The maximum Gasteiger partial charge on any atom is 0.410 e.